The van der Waals surface area contributed by atoms with Crippen molar-refractivity contribution in [1.82, 2.24) is 24.9 Å². The third kappa shape index (κ3) is 4.32. The molecule has 1 amide bonds. The monoisotopic (exact) mass is 371 g/mol. The van der Waals surface area contributed by atoms with Gasteiger partial charge in [0.05, 0.1) is 23.0 Å². The van der Waals surface area contributed by atoms with Crippen LogP contribution in [0.1, 0.15) is 33.7 Å². The first-order valence-corrected chi connectivity index (χ1v) is 8.96. The Morgan fingerprint density at radius 3 is 2.62 bits per heavy atom. The molecule has 0 atom stereocenters. The molecule has 0 saturated carbocycles. The van der Waals surface area contributed by atoms with Crippen molar-refractivity contribution in [2.24, 2.45) is 0 Å². The van der Waals surface area contributed by atoms with E-state index in [9.17, 15) is 4.79 Å². The molecular formula is C19H22ClN5O. The summed E-state index contributed by atoms with van der Waals surface area (Å²) in [4.78, 5) is 12.2. The van der Waals surface area contributed by atoms with Gasteiger partial charge in [-0.2, -0.15) is 10.2 Å². The Balaban J connectivity index is 1.51. The Labute approximate surface area is 157 Å². The van der Waals surface area contributed by atoms with Crippen LogP contribution >= 0.6 is 11.6 Å². The van der Waals surface area contributed by atoms with Crippen molar-refractivity contribution >= 4 is 17.5 Å². The smallest absolute Gasteiger partial charge is 0.251 e. The molecule has 1 N–H and O–H groups in total. The summed E-state index contributed by atoms with van der Waals surface area (Å²) in [6.45, 7) is 5.88. The van der Waals surface area contributed by atoms with Crippen LogP contribution in [-0.4, -0.2) is 32.0 Å². The first-order valence-electron chi connectivity index (χ1n) is 8.58. The summed E-state index contributed by atoms with van der Waals surface area (Å²) >= 11 is 6.18. The summed E-state index contributed by atoms with van der Waals surface area (Å²) in [6, 6.07) is 9.46. The molecule has 2 heterocycles. The molecular weight excluding hydrogens is 350 g/mol. The molecule has 26 heavy (non-hydrogen) atoms. The fraction of sp³-hybridized carbons (Fsp3) is 0.316. The zero-order chi connectivity index (χ0) is 18.5. The van der Waals surface area contributed by atoms with Gasteiger partial charge in [0.15, 0.2) is 0 Å². The van der Waals surface area contributed by atoms with Crippen LogP contribution in [0.2, 0.25) is 5.02 Å². The van der Waals surface area contributed by atoms with Crippen molar-refractivity contribution in [3.63, 3.8) is 0 Å². The molecule has 0 bridgehead atoms. The van der Waals surface area contributed by atoms with Crippen LogP contribution in [0, 0.1) is 13.8 Å². The number of benzene rings is 1. The maximum atomic E-state index is 12.2. The number of hydrogen-bond acceptors (Lipinski definition) is 3. The second-order valence-corrected chi connectivity index (χ2v) is 6.60. The van der Waals surface area contributed by atoms with Crippen molar-refractivity contribution in [2.75, 3.05) is 6.54 Å². The molecule has 0 aliphatic heterocycles. The Bertz CT molecular complexity index is 868. The summed E-state index contributed by atoms with van der Waals surface area (Å²) in [5, 5.41) is 12.2. The second-order valence-electron chi connectivity index (χ2n) is 6.22. The number of amides is 1. The van der Waals surface area contributed by atoms with Gasteiger partial charge in [0, 0.05) is 31.0 Å². The minimum atomic E-state index is -0.0637. The number of hydrogen-bond donors (Lipinski definition) is 1. The van der Waals surface area contributed by atoms with Crippen LogP contribution in [0.25, 0.3) is 0 Å². The van der Waals surface area contributed by atoms with E-state index in [1.165, 1.54) is 0 Å². The molecule has 7 heteroatoms. The van der Waals surface area contributed by atoms with Gasteiger partial charge in [-0.05, 0) is 44.0 Å². The fourth-order valence-corrected chi connectivity index (χ4v) is 2.88. The summed E-state index contributed by atoms with van der Waals surface area (Å²) < 4.78 is 3.73. The normalized spacial score (nSPS) is 10.9. The molecule has 3 rings (SSSR count). The third-order valence-corrected chi connectivity index (χ3v) is 4.80. The minimum Gasteiger partial charge on any atom is -0.352 e. The van der Waals surface area contributed by atoms with Crippen LogP contribution in [0.15, 0.2) is 42.7 Å². The van der Waals surface area contributed by atoms with E-state index in [0.29, 0.717) is 23.7 Å². The van der Waals surface area contributed by atoms with E-state index < -0.39 is 0 Å². The maximum absolute atomic E-state index is 12.2. The minimum absolute atomic E-state index is 0.0637. The number of aryl methyl sites for hydroxylation is 2. The molecule has 6 nitrogen and oxygen atoms in total. The predicted octanol–water partition coefficient (Wildman–Crippen LogP) is 3.22. The molecule has 136 valence electrons. The fourth-order valence-electron chi connectivity index (χ4n) is 2.74. The number of nitrogens with one attached hydrogen (secondary N) is 1. The number of rotatable bonds is 7. The van der Waals surface area contributed by atoms with E-state index in [1.54, 1.807) is 6.20 Å². The van der Waals surface area contributed by atoms with Gasteiger partial charge in [0.1, 0.15) is 0 Å². The standard InChI is InChI=1S/C19H22ClN5O/c1-14-18(20)15(2)25(23-14)13-16-5-7-17(8-6-16)19(26)21-9-3-11-24-12-4-10-22-24/h4-8,10,12H,3,9,11,13H2,1-2H3,(H,21,26). The second kappa shape index (κ2) is 8.19. The van der Waals surface area contributed by atoms with Crippen molar-refractivity contribution in [3.8, 4) is 0 Å². The van der Waals surface area contributed by atoms with Crippen LogP contribution in [0.5, 0.6) is 0 Å². The summed E-state index contributed by atoms with van der Waals surface area (Å²) in [7, 11) is 0. The number of aromatic nitrogens is 4. The molecule has 1 aromatic carbocycles. The van der Waals surface area contributed by atoms with Crippen LogP contribution in [0.4, 0.5) is 0 Å². The number of halogens is 1. The lowest BCUT2D eigenvalue weighted by Crippen LogP contribution is -2.25. The van der Waals surface area contributed by atoms with E-state index in [-0.39, 0.29) is 5.91 Å². The zero-order valence-corrected chi connectivity index (χ0v) is 15.7. The first kappa shape index (κ1) is 18.2. The maximum Gasteiger partial charge on any atom is 0.251 e. The van der Waals surface area contributed by atoms with Crippen LogP contribution < -0.4 is 5.32 Å². The average Bonchev–Trinajstić information content (AvgIpc) is 3.24. The highest BCUT2D eigenvalue weighted by molar-refractivity contribution is 6.31. The first-order chi connectivity index (χ1) is 12.5. The van der Waals surface area contributed by atoms with Crippen molar-refractivity contribution in [1.29, 1.82) is 0 Å². The molecule has 0 unspecified atom stereocenters. The van der Waals surface area contributed by atoms with Gasteiger partial charge in [-0.25, -0.2) is 0 Å². The van der Waals surface area contributed by atoms with Gasteiger partial charge in [-0.1, -0.05) is 23.7 Å². The molecule has 0 aliphatic rings. The molecule has 0 aliphatic carbocycles. The van der Waals surface area contributed by atoms with Gasteiger partial charge >= 0.3 is 0 Å². The lowest BCUT2D eigenvalue weighted by atomic mass is 10.1. The molecule has 0 spiro atoms. The quantitative estimate of drug-likeness (QED) is 0.648. The Hall–Kier alpha value is -2.60. The average molecular weight is 372 g/mol. The molecule has 0 fully saturated rings. The molecule has 2 aromatic heterocycles. The van der Waals surface area contributed by atoms with Gasteiger partial charge in [-0.3, -0.25) is 14.2 Å². The van der Waals surface area contributed by atoms with E-state index in [1.807, 2.05) is 59.7 Å². The summed E-state index contributed by atoms with van der Waals surface area (Å²) in [6.07, 6.45) is 4.50. The van der Waals surface area contributed by atoms with Crippen molar-refractivity contribution in [3.05, 3.63) is 70.3 Å². The van der Waals surface area contributed by atoms with Gasteiger partial charge in [-0.15, -0.1) is 0 Å². The van der Waals surface area contributed by atoms with E-state index in [0.717, 1.165) is 29.9 Å². The van der Waals surface area contributed by atoms with Crippen molar-refractivity contribution in [2.45, 2.75) is 33.4 Å². The SMILES string of the molecule is Cc1nn(Cc2ccc(C(=O)NCCCn3cccn3)cc2)c(C)c1Cl. The van der Waals surface area contributed by atoms with Gasteiger partial charge in [0.2, 0.25) is 0 Å². The highest BCUT2D eigenvalue weighted by Gasteiger charge is 2.10. The molecule has 0 radical (unpaired) electrons. The third-order valence-electron chi connectivity index (χ3n) is 4.25. The molecule has 3 aromatic rings. The van der Waals surface area contributed by atoms with E-state index >= 15 is 0 Å². The number of carbonyl (C=O) groups excluding carboxylic acids is 1. The molecule has 0 saturated heterocycles. The van der Waals surface area contributed by atoms with Crippen LogP contribution in [0.3, 0.4) is 0 Å². The van der Waals surface area contributed by atoms with E-state index in [4.69, 9.17) is 11.6 Å². The van der Waals surface area contributed by atoms with Gasteiger partial charge in [0.25, 0.3) is 5.91 Å². The Morgan fingerprint density at radius 1 is 1.23 bits per heavy atom. The number of carbonyl (C=O) groups is 1. The summed E-state index contributed by atoms with van der Waals surface area (Å²) in [5.74, 6) is -0.0637. The van der Waals surface area contributed by atoms with E-state index in [2.05, 4.69) is 15.5 Å². The highest BCUT2D eigenvalue weighted by atomic mass is 35.5. The van der Waals surface area contributed by atoms with Crippen LogP contribution in [-0.2, 0) is 13.1 Å². The lowest BCUT2D eigenvalue weighted by molar-refractivity contribution is 0.0952. The zero-order valence-electron chi connectivity index (χ0n) is 14.9. The largest absolute Gasteiger partial charge is 0.352 e. The lowest BCUT2D eigenvalue weighted by Gasteiger charge is -2.08. The Kier molecular flexibility index (Phi) is 5.73. The topological polar surface area (TPSA) is 64.7 Å². The van der Waals surface area contributed by atoms with Gasteiger partial charge < -0.3 is 5.32 Å². The number of nitrogens with zero attached hydrogens (tertiary/aromatic N) is 4. The van der Waals surface area contributed by atoms with Crippen molar-refractivity contribution < 1.29 is 4.79 Å². The Morgan fingerprint density at radius 2 is 2.00 bits per heavy atom. The predicted molar refractivity (Wildman–Crippen MR) is 101 cm³/mol. The highest BCUT2D eigenvalue weighted by Crippen LogP contribution is 2.20. The summed E-state index contributed by atoms with van der Waals surface area (Å²) in [5.41, 5.74) is 3.50.